The molecule has 2 heterocycles. The fraction of sp³-hybridized carbons (Fsp3) is 0.903. The van der Waals surface area contributed by atoms with Crippen LogP contribution in [0.25, 0.3) is 0 Å². The average Bonchev–Trinajstić information content (AvgIpc) is 2.83. The molecule has 0 aromatic carbocycles. The number of ether oxygens (including phenoxy) is 4. The third-order valence-electron chi connectivity index (χ3n) is 6.73. The molecule has 0 aliphatic carbocycles. The minimum Gasteiger partial charge on any atom is -0.459 e. The van der Waals surface area contributed by atoms with E-state index in [1.54, 1.807) is 6.92 Å². The maximum atomic E-state index is 12.5. The summed E-state index contributed by atoms with van der Waals surface area (Å²) in [7, 11) is -10.6. The molecule has 11 nitrogen and oxygen atoms in total. The van der Waals surface area contributed by atoms with Gasteiger partial charge in [-0.3, -0.25) is 0 Å². The predicted molar refractivity (Wildman–Crippen MR) is 197 cm³/mol. The normalized spacial score (nSPS) is 31.5. The summed E-state index contributed by atoms with van der Waals surface area (Å²) >= 11 is 0. The molecule has 2 saturated heterocycles. The van der Waals surface area contributed by atoms with E-state index in [1.807, 2.05) is 0 Å². The van der Waals surface area contributed by atoms with E-state index in [1.165, 1.54) is 0 Å². The molecule has 0 spiro atoms. The average molecular weight is 755 g/mol. The van der Waals surface area contributed by atoms with Crippen molar-refractivity contribution in [2.75, 3.05) is 13.2 Å². The molecular weight excluding hydrogens is 689 g/mol. The van der Waals surface area contributed by atoms with Crippen LogP contribution in [0, 0.1) is 0 Å². The maximum absolute atomic E-state index is 12.5. The Morgan fingerprint density at radius 1 is 0.660 bits per heavy atom. The molecule has 16 heteroatoms. The molecule has 1 N–H and O–H groups in total. The molecule has 0 unspecified atom stereocenters. The number of rotatable bonds is 16. The van der Waals surface area contributed by atoms with E-state index in [0.717, 1.165) is 0 Å². The van der Waals surface area contributed by atoms with Gasteiger partial charge in [0.25, 0.3) is 0 Å². The van der Waals surface area contributed by atoms with E-state index in [4.69, 9.17) is 41.1 Å². The van der Waals surface area contributed by atoms with E-state index < -0.39 is 96.8 Å². The van der Waals surface area contributed by atoms with Crippen molar-refractivity contribution < 1.29 is 51.0 Å². The number of aliphatic hydroxyl groups is 1. The second-order valence-electron chi connectivity index (χ2n) is 17.6. The fourth-order valence-electron chi connectivity index (χ4n) is 5.43. The van der Waals surface area contributed by atoms with E-state index in [0.29, 0.717) is 12.0 Å². The van der Waals surface area contributed by atoms with Gasteiger partial charge < -0.3 is 46.2 Å². The summed E-state index contributed by atoms with van der Waals surface area (Å²) in [5, 5.41) is 10.5. The van der Waals surface area contributed by atoms with Crippen LogP contribution in [0.1, 0.15) is 13.3 Å². The lowest BCUT2D eigenvalue weighted by Crippen LogP contribution is -2.67. The maximum Gasteiger partial charge on any atom is 0.333 e. The summed E-state index contributed by atoms with van der Waals surface area (Å²) in [6.07, 6.45) is -5.36. The zero-order valence-corrected chi connectivity index (χ0v) is 37.1. The minimum absolute atomic E-state index is 0.0792. The van der Waals surface area contributed by atoms with Gasteiger partial charge in [0.15, 0.2) is 54.2 Å². The molecule has 2 aliphatic heterocycles. The van der Waals surface area contributed by atoms with Gasteiger partial charge in [0.05, 0.1) is 18.8 Å². The third kappa shape index (κ3) is 15.4. The number of aliphatic hydroxyl groups excluding tert-OH is 1. The Morgan fingerprint density at radius 2 is 1.11 bits per heavy atom. The van der Waals surface area contributed by atoms with Gasteiger partial charge in [0.1, 0.15) is 37.1 Å². The minimum atomic E-state index is -2.22. The van der Waals surface area contributed by atoms with Gasteiger partial charge in [-0.25, -0.2) is 4.79 Å². The van der Waals surface area contributed by atoms with Gasteiger partial charge in [0.2, 0.25) is 0 Å². The van der Waals surface area contributed by atoms with Gasteiger partial charge in [-0.05, 0) is 105 Å². The number of esters is 1. The summed E-state index contributed by atoms with van der Waals surface area (Å²) in [6, 6.07) is 0. The van der Waals surface area contributed by atoms with Crippen LogP contribution in [0.2, 0.25) is 98.2 Å². The molecule has 0 aromatic heterocycles. The molecule has 47 heavy (non-hydrogen) atoms. The summed E-state index contributed by atoms with van der Waals surface area (Å²) in [4.78, 5) is 12.5. The first kappa shape index (κ1) is 43.1. The lowest BCUT2D eigenvalue weighted by atomic mass is 9.99. The highest BCUT2D eigenvalue weighted by Gasteiger charge is 2.54. The highest BCUT2D eigenvalue weighted by atomic mass is 28.4. The van der Waals surface area contributed by atoms with Crippen molar-refractivity contribution >= 4 is 47.6 Å². The molecule has 0 aromatic rings. The van der Waals surface area contributed by atoms with Crippen molar-refractivity contribution in [1.82, 2.24) is 0 Å². The summed E-state index contributed by atoms with van der Waals surface area (Å²) in [5.41, 5.74) is 0.292. The number of hydrogen-bond acceptors (Lipinski definition) is 11. The van der Waals surface area contributed by atoms with Crippen LogP contribution < -0.4 is 0 Å². The second kappa shape index (κ2) is 16.5. The number of carbonyl (C=O) groups excluding carboxylic acids is 1. The van der Waals surface area contributed by atoms with Crippen LogP contribution in [-0.4, -0.2) is 121 Å². The first-order valence-electron chi connectivity index (χ1n) is 16.9. The Labute approximate surface area is 289 Å². The SMILES string of the molecule is C=C(C)C(=O)OC[C@H]1O[C@H](O[C@@H]2C[C@@H](O[Si](C)(C)C)[C@H](O[Si](C)(C)C)[C@@H](CO)O2)[C@H](O[Si](C)(C)C)[C@@H](O[Si](C)(C)C)[C@@H]1O[Si](C)(C)C. The van der Waals surface area contributed by atoms with Crippen LogP contribution in [0.5, 0.6) is 0 Å². The van der Waals surface area contributed by atoms with Gasteiger partial charge in [0, 0.05) is 12.0 Å². The first-order valence-corrected chi connectivity index (χ1v) is 33.9. The van der Waals surface area contributed by atoms with Crippen molar-refractivity contribution in [3.05, 3.63) is 12.2 Å². The highest BCUT2D eigenvalue weighted by Crippen LogP contribution is 2.37. The molecule has 2 aliphatic rings. The highest BCUT2D eigenvalue weighted by molar-refractivity contribution is 6.71. The van der Waals surface area contributed by atoms with Crippen molar-refractivity contribution in [2.24, 2.45) is 0 Å². The van der Waals surface area contributed by atoms with Gasteiger partial charge in [-0.1, -0.05) is 6.58 Å². The molecule has 2 fully saturated rings. The van der Waals surface area contributed by atoms with Crippen molar-refractivity contribution in [3.63, 3.8) is 0 Å². The first-order chi connectivity index (χ1) is 21.1. The molecule has 0 saturated carbocycles. The lowest BCUT2D eigenvalue weighted by molar-refractivity contribution is -0.351. The van der Waals surface area contributed by atoms with E-state index >= 15 is 0 Å². The molecule has 0 radical (unpaired) electrons. The molecule has 0 amide bonds. The van der Waals surface area contributed by atoms with Crippen LogP contribution in [0.4, 0.5) is 0 Å². The molecule has 0 bridgehead atoms. The monoisotopic (exact) mass is 754 g/mol. The topological polar surface area (TPSA) is 120 Å². The molecular formula is C31H66O11Si5. The van der Waals surface area contributed by atoms with Gasteiger partial charge >= 0.3 is 5.97 Å². The summed E-state index contributed by atoms with van der Waals surface area (Å²) in [6.45, 7) is 36.8. The quantitative estimate of drug-likeness (QED) is 0.113. The van der Waals surface area contributed by atoms with E-state index in [-0.39, 0.29) is 19.3 Å². The van der Waals surface area contributed by atoms with E-state index in [2.05, 4.69) is 105 Å². The van der Waals surface area contributed by atoms with Crippen molar-refractivity contribution in [1.29, 1.82) is 0 Å². The van der Waals surface area contributed by atoms with E-state index in [9.17, 15) is 9.90 Å². The lowest BCUT2D eigenvalue weighted by Gasteiger charge is -2.51. The largest absolute Gasteiger partial charge is 0.459 e. The standard InChI is InChI=1S/C31H66O11Si5/c1-21(2)30(33)34-20-24-27(40-45(9,10)11)28(41-46(12,13)14)29(42-47(15,16)17)31(36-24)37-25-18-22(38-43(3,4)5)26(23(19-32)35-25)39-44(6,7)8/h22-29,31-32H,1,18-20H2,2-17H3/t22-,23-,24-,25-,26+,27-,28+,29-,31-/m1/s1. The van der Waals surface area contributed by atoms with Crippen LogP contribution in [0.15, 0.2) is 12.2 Å². The van der Waals surface area contributed by atoms with Crippen LogP contribution in [-0.2, 0) is 45.9 Å². The van der Waals surface area contributed by atoms with Crippen molar-refractivity contribution in [2.45, 2.75) is 167 Å². The smallest absolute Gasteiger partial charge is 0.333 e. The predicted octanol–water partition coefficient (Wildman–Crippen LogP) is 6.06. The molecule has 9 atom stereocenters. The molecule has 276 valence electrons. The van der Waals surface area contributed by atoms with Crippen molar-refractivity contribution in [3.8, 4) is 0 Å². The van der Waals surface area contributed by atoms with Gasteiger partial charge in [-0.15, -0.1) is 0 Å². The summed E-state index contributed by atoms with van der Waals surface area (Å²) < 4.78 is 59.2. The Bertz CT molecular complexity index is 1030. The Morgan fingerprint density at radius 3 is 1.55 bits per heavy atom. The Balaban J connectivity index is 2.60. The second-order valence-corrected chi connectivity index (χ2v) is 39.9. The Hall–Kier alpha value is -0.0656. The number of carbonyl (C=O) groups is 1. The molecule has 2 rings (SSSR count). The van der Waals surface area contributed by atoms with Crippen LogP contribution in [0.3, 0.4) is 0 Å². The zero-order chi connectivity index (χ0) is 36.3. The van der Waals surface area contributed by atoms with Crippen LogP contribution >= 0.6 is 0 Å². The zero-order valence-electron chi connectivity index (χ0n) is 32.1. The Kier molecular flexibility index (Phi) is 15.1. The fourth-order valence-corrected chi connectivity index (χ4v) is 10.9. The summed E-state index contributed by atoms with van der Waals surface area (Å²) in [5.74, 6) is -0.512. The third-order valence-corrected chi connectivity index (χ3v) is 11.7. The number of hydrogen-bond donors (Lipinski definition) is 1. The van der Waals surface area contributed by atoms with Gasteiger partial charge in [-0.2, -0.15) is 0 Å².